The summed E-state index contributed by atoms with van der Waals surface area (Å²) in [6.07, 6.45) is 3.75. The normalized spacial score (nSPS) is 18.9. The molecule has 1 aromatic rings. The van der Waals surface area contributed by atoms with E-state index >= 15 is 0 Å². The monoisotopic (exact) mass is 278 g/mol. The molecule has 0 unspecified atom stereocenters. The van der Waals surface area contributed by atoms with Gasteiger partial charge < -0.3 is 14.6 Å². The van der Waals surface area contributed by atoms with E-state index in [-0.39, 0.29) is 16.9 Å². The van der Waals surface area contributed by atoms with Crippen LogP contribution in [0.3, 0.4) is 0 Å². The summed E-state index contributed by atoms with van der Waals surface area (Å²) in [4.78, 5) is 25.0. The van der Waals surface area contributed by atoms with E-state index in [1.807, 2.05) is 0 Å². The molecule has 0 aromatic carbocycles. The van der Waals surface area contributed by atoms with Crippen molar-refractivity contribution in [3.05, 3.63) is 23.5 Å². The highest BCUT2D eigenvalue weighted by Gasteiger charge is 2.30. The summed E-state index contributed by atoms with van der Waals surface area (Å²) in [7, 11) is 2.10. The molecule has 5 nitrogen and oxygen atoms in total. The van der Waals surface area contributed by atoms with Gasteiger partial charge in [-0.2, -0.15) is 0 Å². The van der Waals surface area contributed by atoms with E-state index in [1.54, 1.807) is 10.8 Å². The SMILES string of the molecule is CC(=O)c1cc(C(=O)O)n(CC2(C)CCN(C)CC2)c1. The molecule has 2 heterocycles. The second-order valence-corrected chi connectivity index (χ2v) is 6.22. The Hall–Kier alpha value is -1.62. The maximum absolute atomic E-state index is 11.4. The molecule has 5 heteroatoms. The first-order valence-corrected chi connectivity index (χ1v) is 6.94. The van der Waals surface area contributed by atoms with Crippen molar-refractivity contribution in [2.45, 2.75) is 33.2 Å². The number of hydrogen-bond acceptors (Lipinski definition) is 3. The summed E-state index contributed by atoms with van der Waals surface area (Å²) < 4.78 is 1.73. The lowest BCUT2D eigenvalue weighted by atomic mass is 9.80. The fourth-order valence-electron chi connectivity index (χ4n) is 2.74. The third-order valence-electron chi connectivity index (χ3n) is 4.27. The number of carboxylic acids is 1. The van der Waals surface area contributed by atoms with Gasteiger partial charge in [-0.05, 0) is 51.4 Å². The number of likely N-dealkylation sites (tertiary alicyclic amines) is 1. The van der Waals surface area contributed by atoms with E-state index in [1.165, 1.54) is 13.0 Å². The van der Waals surface area contributed by atoms with E-state index in [9.17, 15) is 14.7 Å². The number of carbonyl (C=O) groups excluding carboxylic acids is 1. The maximum atomic E-state index is 11.4. The Morgan fingerprint density at radius 3 is 2.45 bits per heavy atom. The van der Waals surface area contributed by atoms with E-state index in [4.69, 9.17) is 0 Å². The van der Waals surface area contributed by atoms with Crippen LogP contribution in [-0.2, 0) is 6.54 Å². The third-order valence-corrected chi connectivity index (χ3v) is 4.27. The van der Waals surface area contributed by atoms with Gasteiger partial charge in [0.1, 0.15) is 5.69 Å². The molecule has 2 rings (SSSR count). The molecule has 0 spiro atoms. The zero-order chi connectivity index (χ0) is 14.9. The molecule has 1 aliphatic rings. The average Bonchev–Trinajstić information content (AvgIpc) is 2.77. The van der Waals surface area contributed by atoms with Gasteiger partial charge >= 0.3 is 5.97 Å². The van der Waals surface area contributed by atoms with Crippen molar-refractivity contribution in [2.24, 2.45) is 5.41 Å². The van der Waals surface area contributed by atoms with Crippen molar-refractivity contribution in [3.8, 4) is 0 Å². The fraction of sp³-hybridized carbons (Fsp3) is 0.600. The molecule has 0 radical (unpaired) electrons. The quantitative estimate of drug-likeness (QED) is 0.857. The lowest BCUT2D eigenvalue weighted by Crippen LogP contribution is -2.38. The average molecular weight is 278 g/mol. The van der Waals surface area contributed by atoms with Crippen LogP contribution in [-0.4, -0.2) is 46.5 Å². The van der Waals surface area contributed by atoms with E-state index in [2.05, 4.69) is 18.9 Å². The lowest BCUT2D eigenvalue weighted by Gasteiger charge is -2.38. The number of Topliss-reactive ketones (excluding diaryl/α,β-unsaturated/α-hetero) is 1. The summed E-state index contributed by atoms with van der Waals surface area (Å²) in [5.74, 6) is -1.08. The van der Waals surface area contributed by atoms with Gasteiger partial charge in [-0.25, -0.2) is 4.79 Å². The molecular formula is C15H22N2O3. The molecule has 1 aromatic heterocycles. The van der Waals surface area contributed by atoms with Gasteiger partial charge in [0.2, 0.25) is 0 Å². The molecule has 0 atom stereocenters. The molecule has 1 N–H and O–H groups in total. The van der Waals surface area contributed by atoms with Crippen molar-refractivity contribution in [1.82, 2.24) is 9.47 Å². The Labute approximate surface area is 119 Å². The fourth-order valence-corrected chi connectivity index (χ4v) is 2.74. The molecule has 1 aliphatic heterocycles. The van der Waals surface area contributed by atoms with Crippen LogP contribution in [0, 0.1) is 5.41 Å². The molecule has 1 saturated heterocycles. The Balaban J connectivity index is 2.24. The van der Waals surface area contributed by atoms with Gasteiger partial charge in [0, 0.05) is 18.3 Å². The van der Waals surface area contributed by atoms with Crippen LogP contribution in [0.2, 0.25) is 0 Å². The zero-order valence-electron chi connectivity index (χ0n) is 12.3. The number of carbonyl (C=O) groups is 2. The van der Waals surface area contributed by atoms with Crippen LogP contribution < -0.4 is 0 Å². The van der Waals surface area contributed by atoms with E-state index in [0.717, 1.165) is 25.9 Å². The predicted molar refractivity (Wildman–Crippen MR) is 76.2 cm³/mol. The second-order valence-electron chi connectivity index (χ2n) is 6.22. The summed E-state index contributed by atoms with van der Waals surface area (Å²) in [6, 6.07) is 1.48. The topological polar surface area (TPSA) is 62.5 Å². The molecule has 0 saturated carbocycles. The number of nitrogens with zero attached hydrogens (tertiary/aromatic N) is 2. The minimum absolute atomic E-state index is 0.0871. The van der Waals surface area contributed by atoms with Crippen LogP contribution in [0.1, 0.15) is 47.5 Å². The van der Waals surface area contributed by atoms with Gasteiger partial charge in [-0.3, -0.25) is 4.79 Å². The third kappa shape index (κ3) is 3.10. The van der Waals surface area contributed by atoms with Gasteiger partial charge in [-0.15, -0.1) is 0 Å². The molecule has 20 heavy (non-hydrogen) atoms. The lowest BCUT2D eigenvalue weighted by molar-refractivity contribution is 0.0674. The van der Waals surface area contributed by atoms with Gasteiger partial charge in [0.05, 0.1) is 0 Å². The minimum atomic E-state index is -0.978. The van der Waals surface area contributed by atoms with Crippen LogP contribution in [0.15, 0.2) is 12.3 Å². The molecule has 0 bridgehead atoms. The van der Waals surface area contributed by atoms with Gasteiger partial charge in [0.25, 0.3) is 0 Å². The van der Waals surface area contributed by atoms with Crippen molar-refractivity contribution in [3.63, 3.8) is 0 Å². The van der Waals surface area contributed by atoms with Crippen molar-refractivity contribution >= 4 is 11.8 Å². The van der Waals surface area contributed by atoms with Crippen molar-refractivity contribution < 1.29 is 14.7 Å². The zero-order valence-corrected chi connectivity index (χ0v) is 12.3. The van der Waals surface area contributed by atoms with Gasteiger partial charge in [-0.1, -0.05) is 6.92 Å². The van der Waals surface area contributed by atoms with E-state index in [0.29, 0.717) is 12.1 Å². The molecule has 0 aliphatic carbocycles. The van der Waals surface area contributed by atoms with Crippen LogP contribution in [0.5, 0.6) is 0 Å². The highest BCUT2D eigenvalue weighted by molar-refractivity contribution is 5.97. The summed E-state index contributed by atoms with van der Waals surface area (Å²) in [6.45, 7) is 6.36. The van der Waals surface area contributed by atoms with Gasteiger partial charge in [0.15, 0.2) is 5.78 Å². The molecule has 1 fully saturated rings. The highest BCUT2D eigenvalue weighted by Crippen LogP contribution is 2.33. The summed E-state index contributed by atoms with van der Waals surface area (Å²) in [5.41, 5.74) is 0.762. The number of aromatic carboxylic acids is 1. The Bertz CT molecular complexity index is 525. The molecule has 110 valence electrons. The highest BCUT2D eigenvalue weighted by atomic mass is 16.4. The number of aromatic nitrogens is 1. The Morgan fingerprint density at radius 1 is 1.35 bits per heavy atom. The standard InChI is InChI=1S/C15H22N2O3/c1-11(18)12-8-13(14(19)20)17(9-12)10-15(2)4-6-16(3)7-5-15/h8-9H,4-7,10H2,1-3H3,(H,19,20). The number of rotatable bonds is 4. The molecular weight excluding hydrogens is 256 g/mol. The van der Waals surface area contributed by atoms with Crippen LogP contribution in [0.4, 0.5) is 0 Å². The van der Waals surface area contributed by atoms with Crippen LogP contribution in [0.25, 0.3) is 0 Å². The number of ketones is 1. The summed E-state index contributed by atoms with van der Waals surface area (Å²) in [5, 5.41) is 9.28. The van der Waals surface area contributed by atoms with Crippen molar-refractivity contribution in [1.29, 1.82) is 0 Å². The maximum Gasteiger partial charge on any atom is 0.352 e. The largest absolute Gasteiger partial charge is 0.477 e. The predicted octanol–water partition coefficient (Wildman–Crippen LogP) is 2.12. The first kappa shape index (κ1) is 14.8. The first-order valence-electron chi connectivity index (χ1n) is 6.94. The first-order chi connectivity index (χ1) is 9.31. The Kier molecular flexibility index (Phi) is 3.99. The molecule has 0 amide bonds. The number of hydrogen-bond donors (Lipinski definition) is 1. The summed E-state index contributed by atoms with van der Waals surface area (Å²) >= 11 is 0. The smallest absolute Gasteiger partial charge is 0.352 e. The second kappa shape index (κ2) is 5.40. The minimum Gasteiger partial charge on any atom is -0.477 e. The Morgan fingerprint density at radius 2 is 1.95 bits per heavy atom. The van der Waals surface area contributed by atoms with E-state index < -0.39 is 5.97 Å². The van der Waals surface area contributed by atoms with Crippen molar-refractivity contribution in [2.75, 3.05) is 20.1 Å². The van der Waals surface area contributed by atoms with Crippen LogP contribution >= 0.6 is 0 Å². The number of carboxylic acid groups (broad SMARTS) is 1. The number of piperidine rings is 1.